The Labute approximate surface area is 118 Å². The highest BCUT2D eigenvalue weighted by atomic mass is 16.5. The lowest BCUT2D eigenvalue weighted by atomic mass is 9.98. The summed E-state index contributed by atoms with van der Waals surface area (Å²) in [6.45, 7) is 4.13. The summed E-state index contributed by atoms with van der Waals surface area (Å²) in [4.78, 5) is 4.54. The van der Waals surface area contributed by atoms with E-state index in [0.29, 0.717) is 24.1 Å². The van der Waals surface area contributed by atoms with Crippen LogP contribution in [0, 0.1) is 5.92 Å². The minimum atomic E-state index is 0.328. The van der Waals surface area contributed by atoms with Crippen LogP contribution in [0.1, 0.15) is 30.1 Å². The van der Waals surface area contributed by atoms with Crippen LogP contribution in [-0.4, -0.2) is 30.3 Å². The fourth-order valence-electron chi connectivity index (χ4n) is 2.65. The van der Waals surface area contributed by atoms with Crippen molar-refractivity contribution in [3.05, 3.63) is 41.5 Å². The van der Waals surface area contributed by atoms with E-state index in [1.165, 1.54) is 0 Å². The van der Waals surface area contributed by atoms with Crippen LogP contribution in [0.5, 0.6) is 5.75 Å². The number of benzene rings is 1. The highest BCUT2D eigenvalue weighted by Gasteiger charge is 2.29. The van der Waals surface area contributed by atoms with Crippen LogP contribution in [0.4, 0.5) is 0 Å². The van der Waals surface area contributed by atoms with Gasteiger partial charge in [-0.2, -0.15) is 4.98 Å². The molecule has 0 aliphatic carbocycles. The number of hydrogen-bond acceptors (Lipinski definition) is 5. The first-order valence-electron chi connectivity index (χ1n) is 6.93. The maximum Gasteiger partial charge on any atom is 0.231 e. The van der Waals surface area contributed by atoms with Crippen molar-refractivity contribution in [1.82, 2.24) is 15.5 Å². The average Bonchev–Trinajstić information content (AvgIpc) is 3.08. The second kappa shape index (κ2) is 5.63. The van der Waals surface area contributed by atoms with Crippen LogP contribution in [0.2, 0.25) is 0 Å². The summed E-state index contributed by atoms with van der Waals surface area (Å²) in [7, 11) is 1.67. The van der Waals surface area contributed by atoms with E-state index in [1.54, 1.807) is 7.11 Å². The maximum atomic E-state index is 5.42. The fraction of sp³-hybridized carbons (Fsp3) is 0.467. The number of para-hydroxylation sites is 1. The van der Waals surface area contributed by atoms with Gasteiger partial charge in [-0.15, -0.1) is 0 Å². The van der Waals surface area contributed by atoms with Gasteiger partial charge >= 0.3 is 0 Å². The van der Waals surface area contributed by atoms with Gasteiger partial charge in [-0.3, -0.25) is 0 Å². The topological polar surface area (TPSA) is 60.2 Å². The van der Waals surface area contributed by atoms with E-state index in [0.717, 1.165) is 30.3 Å². The molecule has 0 saturated carbocycles. The highest BCUT2D eigenvalue weighted by molar-refractivity contribution is 5.35. The molecule has 1 aliphatic rings. The van der Waals surface area contributed by atoms with Gasteiger partial charge in [0, 0.05) is 18.5 Å². The summed E-state index contributed by atoms with van der Waals surface area (Å²) in [5, 5.41) is 7.45. The molecule has 20 heavy (non-hydrogen) atoms. The van der Waals surface area contributed by atoms with Crippen LogP contribution in [0.25, 0.3) is 0 Å². The molecule has 1 aliphatic heterocycles. The molecule has 106 valence electrons. The van der Waals surface area contributed by atoms with E-state index < -0.39 is 0 Å². The third-order valence-electron chi connectivity index (χ3n) is 3.86. The van der Waals surface area contributed by atoms with Crippen LogP contribution >= 0.6 is 0 Å². The van der Waals surface area contributed by atoms with E-state index in [4.69, 9.17) is 9.26 Å². The third-order valence-corrected chi connectivity index (χ3v) is 3.86. The number of methoxy groups -OCH3 is 1. The molecule has 5 heteroatoms. The van der Waals surface area contributed by atoms with Crippen molar-refractivity contribution in [3.63, 3.8) is 0 Å². The van der Waals surface area contributed by atoms with Crippen molar-refractivity contribution in [2.45, 2.75) is 19.3 Å². The number of nitrogens with zero attached hydrogens (tertiary/aromatic N) is 2. The molecule has 0 bridgehead atoms. The van der Waals surface area contributed by atoms with Gasteiger partial charge in [-0.05, 0) is 18.5 Å². The normalized spacial score (nSPS) is 22.1. The second-order valence-electron chi connectivity index (χ2n) is 5.28. The summed E-state index contributed by atoms with van der Waals surface area (Å²) in [5.74, 6) is 3.18. The molecular formula is C15H19N3O2. The van der Waals surface area contributed by atoms with Gasteiger partial charge in [0.25, 0.3) is 0 Å². The molecule has 0 spiro atoms. The second-order valence-corrected chi connectivity index (χ2v) is 5.28. The number of hydrogen-bond donors (Lipinski definition) is 1. The molecule has 0 radical (unpaired) electrons. The lowest BCUT2D eigenvalue weighted by Gasteiger charge is -2.07. The summed E-state index contributed by atoms with van der Waals surface area (Å²) < 4.78 is 10.8. The van der Waals surface area contributed by atoms with Crippen molar-refractivity contribution in [1.29, 1.82) is 0 Å². The van der Waals surface area contributed by atoms with Gasteiger partial charge in [-0.1, -0.05) is 30.3 Å². The lowest BCUT2D eigenvalue weighted by Crippen LogP contribution is -2.08. The van der Waals surface area contributed by atoms with E-state index in [1.807, 2.05) is 24.3 Å². The zero-order chi connectivity index (χ0) is 13.9. The summed E-state index contributed by atoms with van der Waals surface area (Å²) in [5.41, 5.74) is 1.07. The summed E-state index contributed by atoms with van der Waals surface area (Å²) >= 11 is 0. The van der Waals surface area contributed by atoms with Gasteiger partial charge in [-0.25, -0.2) is 0 Å². The molecule has 2 heterocycles. The molecule has 1 aromatic carbocycles. The zero-order valence-electron chi connectivity index (χ0n) is 11.8. The molecule has 2 unspecified atom stereocenters. The first kappa shape index (κ1) is 13.1. The monoisotopic (exact) mass is 273 g/mol. The maximum absolute atomic E-state index is 5.42. The lowest BCUT2D eigenvalue weighted by molar-refractivity contribution is 0.337. The Bertz CT molecular complexity index is 582. The van der Waals surface area contributed by atoms with Gasteiger partial charge < -0.3 is 14.6 Å². The summed E-state index contributed by atoms with van der Waals surface area (Å²) in [6.07, 6.45) is 0.627. The van der Waals surface area contributed by atoms with Gasteiger partial charge in [0.05, 0.1) is 13.0 Å². The van der Waals surface area contributed by atoms with Gasteiger partial charge in [0.1, 0.15) is 5.75 Å². The Morgan fingerprint density at radius 2 is 2.20 bits per heavy atom. The molecule has 1 aromatic heterocycles. The fourth-order valence-corrected chi connectivity index (χ4v) is 2.65. The smallest absolute Gasteiger partial charge is 0.231 e. The van der Waals surface area contributed by atoms with E-state index in [-0.39, 0.29) is 0 Å². The van der Waals surface area contributed by atoms with Crippen molar-refractivity contribution in [3.8, 4) is 5.75 Å². The number of aromatic nitrogens is 2. The van der Waals surface area contributed by atoms with Crippen LogP contribution in [0.3, 0.4) is 0 Å². The molecule has 2 atom stereocenters. The van der Waals surface area contributed by atoms with Crippen molar-refractivity contribution >= 4 is 0 Å². The van der Waals surface area contributed by atoms with Gasteiger partial charge in [0.15, 0.2) is 5.82 Å². The Morgan fingerprint density at radius 1 is 1.35 bits per heavy atom. The Morgan fingerprint density at radius 3 is 2.95 bits per heavy atom. The Kier molecular flexibility index (Phi) is 3.69. The number of nitrogens with one attached hydrogen (secondary N) is 1. The average molecular weight is 273 g/mol. The van der Waals surface area contributed by atoms with Crippen molar-refractivity contribution in [2.75, 3.05) is 20.2 Å². The van der Waals surface area contributed by atoms with Gasteiger partial charge in [0.2, 0.25) is 5.89 Å². The van der Waals surface area contributed by atoms with Crippen LogP contribution in [-0.2, 0) is 6.42 Å². The third kappa shape index (κ3) is 2.54. The first-order valence-corrected chi connectivity index (χ1v) is 6.93. The molecule has 1 N–H and O–H groups in total. The Balaban J connectivity index is 1.77. The molecule has 1 fully saturated rings. The predicted molar refractivity (Wildman–Crippen MR) is 74.9 cm³/mol. The quantitative estimate of drug-likeness (QED) is 0.923. The highest BCUT2D eigenvalue weighted by Crippen LogP contribution is 2.27. The number of rotatable bonds is 4. The zero-order valence-corrected chi connectivity index (χ0v) is 11.8. The molecule has 3 rings (SSSR count). The van der Waals surface area contributed by atoms with Crippen LogP contribution < -0.4 is 10.1 Å². The minimum Gasteiger partial charge on any atom is -0.496 e. The first-order chi connectivity index (χ1) is 9.78. The summed E-state index contributed by atoms with van der Waals surface area (Å²) in [6, 6.07) is 7.91. The molecular weight excluding hydrogens is 254 g/mol. The van der Waals surface area contributed by atoms with E-state index in [2.05, 4.69) is 22.4 Å². The number of ether oxygens (including phenoxy) is 1. The predicted octanol–water partition coefficient (Wildman–Crippen LogP) is 1.99. The largest absolute Gasteiger partial charge is 0.496 e. The van der Waals surface area contributed by atoms with Crippen molar-refractivity contribution in [2.24, 2.45) is 5.92 Å². The van der Waals surface area contributed by atoms with Crippen molar-refractivity contribution < 1.29 is 9.26 Å². The van der Waals surface area contributed by atoms with E-state index in [9.17, 15) is 0 Å². The molecule has 2 aromatic rings. The molecule has 0 amide bonds. The van der Waals surface area contributed by atoms with E-state index >= 15 is 0 Å². The Hall–Kier alpha value is -1.88. The minimum absolute atomic E-state index is 0.328. The molecule has 5 nitrogen and oxygen atoms in total. The molecule has 1 saturated heterocycles. The van der Waals surface area contributed by atoms with Crippen LogP contribution in [0.15, 0.2) is 28.8 Å². The standard InChI is InChI=1S/C15H19N3O2/c1-10-8-16-9-12(10)15-17-14(18-20-15)7-11-5-3-4-6-13(11)19-2/h3-6,10,12,16H,7-9H2,1-2H3. The SMILES string of the molecule is COc1ccccc1Cc1noc(C2CNCC2C)n1.